The molecule has 1 unspecified atom stereocenters. The number of hydrogen-bond donors (Lipinski definition) is 2. The average Bonchev–Trinajstić information content (AvgIpc) is 2.15. The van der Waals surface area contributed by atoms with Crippen LogP contribution < -0.4 is 5.32 Å². The number of aliphatic hydroxyl groups excluding tert-OH is 1. The topological polar surface area (TPSA) is 49.3 Å². The molecule has 2 N–H and O–H groups in total. The Morgan fingerprint density at radius 3 is 2.64 bits per heavy atom. The van der Waals surface area contributed by atoms with Crippen LogP contribution in [0.25, 0.3) is 0 Å². The van der Waals surface area contributed by atoms with Gasteiger partial charge in [0.05, 0.1) is 6.10 Å². The number of carbonyl (C=O) groups is 1. The maximum absolute atomic E-state index is 11.4. The van der Waals surface area contributed by atoms with Crippen LogP contribution in [0, 0.1) is 0 Å². The zero-order chi connectivity index (χ0) is 11.0. The number of nitrogens with one attached hydrogen (secondary N) is 1. The van der Waals surface area contributed by atoms with Crippen LogP contribution in [0.3, 0.4) is 0 Å². The highest BCUT2D eigenvalue weighted by molar-refractivity contribution is 5.92. The Bertz CT molecular complexity index is 199. The normalized spacial score (nSPS) is 13.9. The Morgan fingerprint density at radius 1 is 1.50 bits per heavy atom. The molecule has 0 rings (SSSR count). The van der Waals surface area contributed by atoms with Crippen molar-refractivity contribution in [3.63, 3.8) is 0 Å². The summed E-state index contributed by atoms with van der Waals surface area (Å²) < 4.78 is 0. The number of carbonyl (C=O) groups excluding carboxylic acids is 1. The molecule has 0 heterocycles. The lowest BCUT2D eigenvalue weighted by atomic mass is 10.2. The van der Waals surface area contributed by atoms with Crippen LogP contribution in [0.4, 0.5) is 0 Å². The van der Waals surface area contributed by atoms with Gasteiger partial charge in [-0.3, -0.25) is 4.79 Å². The summed E-state index contributed by atoms with van der Waals surface area (Å²) in [7, 11) is 0. The predicted molar refractivity (Wildman–Crippen MR) is 58.0 cm³/mol. The summed E-state index contributed by atoms with van der Waals surface area (Å²) in [6.45, 7) is 6.13. The fourth-order valence-corrected chi connectivity index (χ4v) is 1.18. The Hall–Kier alpha value is -0.830. The minimum atomic E-state index is -0.418. The third kappa shape index (κ3) is 5.75. The largest absolute Gasteiger partial charge is 0.391 e. The molecule has 3 heteroatoms. The highest BCUT2D eigenvalue weighted by atomic mass is 16.3. The highest BCUT2D eigenvalue weighted by Gasteiger charge is 2.06. The maximum Gasteiger partial charge on any atom is 0.246 e. The lowest BCUT2D eigenvalue weighted by molar-refractivity contribution is -0.117. The number of amides is 1. The fourth-order valence-electron chi connectivity index (χ4n) is 1.18. The van der Waals surface area contributed by atoms with Gasteiger partial charge in [-0.2, -0.15) is 0 Å². The van der Waals surface area contributed by atoms with Gasteiger partial charge in [0.25, 0.3) is 0 Å². The van der Waals surface area contributed by atoms with Gasteiger partial charge in [-0.15, -0.1) is 0 Å². The molecule has 14 heavy (non-hydrogen) atoms. The number of hydrogen-bond acceptors (Lipinski definition) is 2. The predicted octanol–water partition coefficient (Wildman–Crippen LogP) is 1.62. The molecular weight excluding hydrogens is 178 g/mol. The van der Waals surface area contributed by atoms with Crippen molar-refractivity contribution in [2.75, 3.05) is 6.54 Å². The molecule has 0 fully saturated rings. The van der Waals surface area contributed by atoms with Crippen LogP contribution in [0.1, 0.15) is 40.0 Å². The van der Waals surface area contributed by atoms with E-state index in [0.717, 1.165) is 24.8 Å². The molecular formula is C11H21NO2. The van der Waals surface area contributed by atoms with E-state index in [9.17, 15) is 9.90 Å². The molecule has 0 bridgehead atoms. The van der Waals surface area contributed by atoms with Crippen molar-refractivity contribution < 1.29 is 9.90 Å². The minimum Gasteiger partial charge on any atom is -0.391 e. The van der Waals surface area contributed by atoms with E-state index in [1.54, 1.807) is 6.92 Å². The van der Waals surface area contributed by atoms with Gasteiger partial charge in [-0.05, 0) is 19.8 Å². The van der Waals surface area contributed by atoms with E-state index in [2.05, 4.69) is 5.32 Å². The first-order chi connectivity index (χ1) is 6.61. The van der Waals surface area contributed by atoms with Gasteiger partial charge in [0, 0.05) is 12.1 Å². The summed E-state index contributed by atoms with van der Waals surface area (Å²) in [4.78, 5) is 11.4. The minimum absolute atomic E-state index is 0.0815. The molecule has 1 amide bonds. The maximum atomic E-state index is 11.4. The van der Waals surface area contributed by atoms with E-state index in [-0.39, 0.29) is 5.91 Å². The molecule has 0 spiro atoms. The van der Waals surface area contributed by atoms with Crippen LogP contribution in [-0.2, 0) is 4.79 Å². The van der Waals surface area contributed by atoms with E-state index < -0.39 is 6.10 Å². The molecule has 0 aliphatic heterocycles. The summed E-state index contributed by atoms with van der Waals surface area (Å²) in [6, 6.07) is 0. The van der Waals surface area contributed by atoms with E-state index in [4.69, 9.17) is 0 Å². The summed E-state index contributed by atoms with van der Waals surface area (Å²) in [5.74, 6) is -0.0815. The van der Waals surface area contributed by atoms with Crippen molar-refractivity contribution in [3.8, 4) is 0 Å². The van der Waals surface area contributed by atoms with Gasteiger partial charge in [-0.25, -0.2) is 0 Å². The molecule has 1 atom stereocenters. The highest BCUT2D eigenvalue weighted by Crippen LogP contribution is 1.97. The van der Waals surface area contributed by atoms with Crippen molar-refractivity contribution in [1.82, 2.24) is 5.32 Å². The third-order valence-electron chi connectivity index (χ3n) is 1.99. The van der Waals surface area contributed by atoms with Gasteiger partial charge in [0.2, 0.25) is 5.91 Å². The summed E-state index contributed by atoms with van der Waals surface area (Å²) in [5, 5.41) is 12.1. The molecule has 0 saturated carbocycles. The van der Waals surface area contributed by atoms with Crippen molar-refractivity contribution in [3.05, 3.63) is 11.6 Å². The molecule has 82 valence electrons. The lowest BCUT2D eigenvalue weighted by Crippen LogP contribution is -2.32. The van der Waals surface area contributed by atoms with E-state index in [0.29, 0.717) is 6.54 Å². The summed E-state index contributed by atoms with van der Waals surface area (Å²) >= 11 is 0. The van der Waals surface area contributed by atoms with Crippen LogP contribution in [-0.4, -0.2) is 23.7 Å². The van der Waals surface area contributed by atoms with Gasteiger partial charge >= 0.3 is 0 Å². The molecule has 0 radical (unpaired) electrons. The Kier molecular flexibility index (Phi) is 7.11. The van der Waals surface area contributed by atoms with Gasteiger partial charge in [-0.1, -0.05) is 26.3 Å². The molecule has 3 nitrogen and oxygen atoms in total. The third-order valence-corrected chi connectivity index (χ3v) is 1.99. The van der Waals surface area contributed by atoms with Gasteiger partial charge in [0.15, 0.2) is 0 Å². The van der Waals surface area contributed by atoms with E-state index in [1.807, 2.05) is 19.9 Å². The molecule has 0 aliphatic carbocycles. The first-order valence-corrected chi connectivity index (χ1v) is 5.24. The van der Waals surface area contributed by atoms with Crippen LogP contribution >= 0.6 is 0 Å². The first kappa shape index (κ1) is 13.2. The number of rotatable bonds is 6. The quantitative estimate of drug-likeness (QED) is 0.639. The average molecular weight is 199 g/mol. The molecule has 0 aromatic rings. The van der Waals surface area contributed by atoms with Crippen molar-refractivity contribution in [2.45, 2.75) is 46.1 Å². The monoisotopic (exact) mass is 199 g/mol. The van der Waals surface area contributed by atoms with E-state index >= 15 is 0 Å². The van der Waals surface area contributed by atoms with Crippen molar-refractivity contribution >= 4 is 5.91 Å². The first-order valence-electron chi connectivity index (χ1n) is 5.24. The fraction of sp³-hybridized carbons (Fsp3) is 0.727. The second kappa shape index (κ2) is 7.56. The zero-order valence-electron chi connectivity index (χ0n) is 9.34. The number of allylic oxidation sites excluding steroid dienone is 1. The van der Waals surface area contributed by atoms with Crippen molar-refractivity contribution in [2.24, 2.45) is 0 Å². The molecule has 0 aromatic carbocycles. The SMILES string of the molecule is CCC=C(C)C(=O)NCC(O)CCC. The van der Waals surface area contributed by atoms with Crippen LogP contribution in [0.5, 0.6) is 0 Å². The van der Waals surface area contributed by atoms with Crippen molar-refractivity contribution in [1.29, 1.82) is 0 Å². The van der Waals surface area contributed by atoms with Gasteiger partial charge < -0.3 is 10.4 Å². The zero-order valence-corrected chi connectivity index (χ0v) is 9.34. The Labute approximate surface area is 86.2 Å². The molecule has 0 aromatic heterocycles. The second-order valence-corrected chi connectivity index (χ2v) is 3.45. The van der Waals surface area contributed by atoms with Gasteiger partial charge in [0.1, 0.15) is 0 Å². The Morgan fingerprint density at radius 2 is 2.14 bits per heavy atom. The summed E-state index contributed by atoms with van der Waals surface area (Å²) in [6.07, 6.45) is 3.98. The second-order valence-electron chi connectivity index (χ2n) is 3.45. The van der Waals surface area contributed by atoms with Crippen LogP contribution in [0.2, 0.25) is 0 Å². The molecule has 0 aliphatic rings. The van der Waals surface area contributed by atoms with Crippen LogP contribution in [0.15, 0.2) is 11.6 Å². The Balaban J connectivity index is 3.79. The lowest BCUT2D eigenvalue weighted by Gasteiger charge is -2.10. The van der Waals surface area contributed by atoms with E-state index in [1.165, 1.54) is 0 Å². The number of aliphatic hydroxyl groups is 1. The smallest absolute Gasteiger partial charge is 0.246 e. The summed E-state index contributed by atoms with van der Waals surface area (Å²) in [5.41, 5.74) is 0.719. The molecule has 0 saturated heterocycles. The standard InChI is InChI=1S/C11H21NO2/c1-4-6-9(3)11(14)12-8-10(13)7-5-2/h6,10,13H,4-5,7-8H2,1-3H3,(H,12,14).